The quantitative estimate of drug-likeness (QED) is 0.653. The third kappa shape index (κ3) is 12.4. The van der Waals surface area contributed by atoms with Crippen LogP contribution in [0.3, 0.4) is 0 Å². The summed E-state index contributed by atoms with van der Waals surface area (Å²) in [7, 11) is 0. The lowest BCUT2D eigenvalue weighted by Gasteiger charge is -1.99. The van der Waals surface area contributed by atoms with E-state index < -0.39 is 24.4 Å². The summed E-state index contributed by atoms with van der Waals surface area (Å²) in [6.45, 7) is 0. The number of nitrogens with two attached hydrogens (primary N) is 1. The van der Waals surface area contributed by atoms with Crippen molar-refractivity contribution in [2.45, 2.75) is 12.5 Å². The summed E-state index contributed by atoms with van der Waals surface area (Å²) in [6.07, 6.45) is -0.532. The Morgan fingerprint density at radius 3 is 1.58 bits per heavy atom. The average Bonchev–Trinajstić information content (AvgIpc) is 1.63. The van der Waals surface area contributed by atoms with E-state index in [0.29, 0.717) is 0 Å². The fourth-order valence-electron chi connectivity index (χ4n) is 0.275. The van der Waals surface area contributed by atoms with E-state index >= 15 is 0 Å². The highest BCUT2D eigenvalue weighted by atomic mass is 35.5. The lowest BCUT2D eigenvalue weighted by atomic mass is 10.2. The highest BCUT2D eigenvalue weighted by molar-refractivity contribution is 5.86. The van der Waals surface area contributed by atoms with Gasteiger partial charge in [-0.25, -0.2) is 0 Å². The zero-order valence-electron chi connectivity index (χ0n) is 5.80. The molecular formula is C4H10Cl3NO4. The van der Waals surface area contributed by atoms with Crippen LogP contribution in [0.2, 0.25) is 0 Å². The van der Waals surface area contributed by atoms with Crippen molar-refractivity contribution in [3.8, 4) is 0 Å². The molecule has 0 spiro atoms. The van der Waals surface area contributed by atoms with Gasteiger partial charge in [0.05, 0.1) is 6.42 Å². The molecule has 0 heterocycles. The van der Waals surface area contributed by atoms with E-state index in [1.54, 1.807) is 0 Å². The van der Waals surface area contributed by atoms with Gasteiger partial charge in [-0.15, -0.1) is 37.2 Å². The van der Waals surface area contributed by atoms with Crippen molar-refractivity contribution in [1.29, 1.82) is 0 Å². The Morgan fingerprint density at radius 1 is 1.17 bits per heavy atom. The number of carboxylic acids is 2. The predicted molar refractivity (Wildman–Crippen MR) is 49.6 cm³/mol. The molecular weight excluding hydrogens is 232 g/mol. The summed E-state index contributed by atoms with van der Waals surface area (Å²) in [4.78, 5) is 19.6. The van der Waals surface area contributed by atoms with Crippen molar-refractivity contribution in [2.75, 3.05) is 0 Å². The van der Waals surface area contributed by atoms with E-state index in [0.717, 1.165) is 0 Å². The lowest BCUT2D eigenvalue weighted by Crippen LogP contribution is -2.32. The second-order valence-corrected chi connectivity index (χ2v) is 1.54. The van der Waals surface area contributed by atoms with Crippen molar-refractivity contribution in [3.63, 3.8) is 0 Å². The van der Waals surface area contributed by atoms with Crippen LogP contribution in [0.15, 0.2) is 0 Å². The third-order valence-corrected chi connectivity index (χ3v) is 0.712. The van der Waals surface area contributed by atoms with Gasteiger partial charge in [-0.1, -0.05) is 0 Å². The molecule has 1 unspecified atom stereocenters. The second kappa shape index (κ2) is 10.8. The van der Waals surface area contributed by atoms with Crippen LogP contribution in [0.1, 0.15) is 6.42 Å². The number of carbonyl (C=O) groups is 2. The number of carboxylic acid groups (broad SMARTS) is 2. The normalized spacial score (nSPS) is 9.42. The molecule has 5 nitrogen and oxygen atoms in total. The monoisotopic (exact) mass is 241 g/mol. The molecule has 0 saturated carbocycles. The molecule has 0 radical (unpaired) electrons. The molecule has 0 aromatic rings. The van der Waals surface area contributed by atoms with Crippen molar-refractivity contribution >= 4 is 49.2 Å². The van der Waals surface area contributed by atoms with Gasteiger partial charge in [-0.2, -0.15) is 0 Å². The fraction of sp³-hybridized carbons (Fsp3) is 0.500. The Morgan fingerprint density at radius 2 is 1.50 bits per heavy atom. The molecule has 0 aliphatic rings. The van der Waals surface area contributed by atoms with Crippen LogP contribution in [-0.4, -0.2) is 28.2 Å². The Hall–Kier alpha value is -0.230. The van der Waals surface area contributed by atoms with Crippen molar-refractivity contribution < 1.29 is 19.8 Å². The van der Waals surface area contributed by atoms with Crippen LogP contribution in [0.5, 0.6) is 0 Å². The molecule has 12 heavy (non-hydrogen) atoms. The molecule has 0 fully saturated rings. The number of halogens is 3. The maximum atomic E-state index is 9.85. The molecule has 0 aliphatic heterocycles. The molecule has 8 heteroatoms. The first-order valence-corrected chi connectivity index (χ1v) is 2.24. The summed E-state index contributed by atoms with van der Waals surface area (Å²) < 4.78 is 0. The van der Waals surface area contributed by atoms with E-state index in [2.05, 4.69) is 0 Å². The van der Waals surface area contributed by atoms with E-state index in [4.69, 9.17) is 15.9 Å². The number of hydrogen-bond donors (Lipinski definition) is 3. The predicted octanol–water partition coefficient (Wildman–Crippen LogP) is 0.138. The first-order valence-electron chi connectivity index (χ1n) is 2.24. The average molecular weight is 242 g/mol. The van der Waals surface area contributed by atoms with E-state index in [1.807, 2.05) is 0 Å². The van der Waals surface area contributed by atoms with Crippen LogP contribution in [0.4, 0.5) is 0 Å². The molecule has 0 aliphatic carbocycles. The number of hydrogen-bond acceptors (Lipinski definition) is 3. The van der Waals surface area contributed by atoms with E-state index in [-0.39, 0.29) is 37.2 Å². The zero-order chi connectivity index (χ0) is 7.44. The summed E-state index contributed by atoms with van der Waals surface area (Å²) in [5.41, 5.74) is 4.84. The largest absolute Gasteiger partial charge is 0.481 e. The molecule has 0 aromatic carbocycles. The van der Waals surface area contributed by atoms with Crippen LogP contribution in [0, 0.1) is 0 Å². The fourth-order valence-corrected chi connectivity index (χ4v) is 0.275. The van der Waals surface area contributed by atoms with Crippen LogP contribution >= 0.6 is 37.2 Å². The first kappa shape index (κ1) is 22.6. The van der Waals surface area contributed by atoms with Gasteiger partial charge in [0.2, 0.25) is 0 Å². The molecule has 0 saturated heterocycles. The molecule has 0 aromatic heterocycles. The molecule has 1 atom stereocenters. The highest BCUT2D eigenvalue weighted by Gasteiger charge is 2.14. The van der Waals surface area contributed by atoms with Crippen molar-refractivity contribution in [1.82, 2.24) is 0 Å². The zero-order valence-corrected chi connectivity index (χ0v) is 8.25. The Bertz CT molecular complexity index is 142. The Labute approximate surface area is 87.5 Å². The van der Waals surface area contributed by atoms with Gasteiger partial charge in [0.1, 0.15) is 6.04 Å². The summed E-state index contributed by atoms with van der Waals surface area (Å²) >= 11 is 0. The summed E-state index contributed by atoms with van der Waals surface area (Å²) in [5, 5.41) is 16.0. The Balaban J connectivity index is -0.000000107. The molecule has 4 N–H and O–H groups in total. The van der Waals surface area contributed by atoms with Crippen LogP contribution < -0.4 is 5.73 Å². The second-order valence-electron chi connectivity index (χ2n) is 1.54. The minimum absolute atomic E-state index is 0. The van der Waals surface area contributed by atoms with Crippen LogP contribution in [-0.2, 0) is 9.59 Å². The van der Waals surface area contributed by atoms with Gasteiger partial charge < -0.3 is 15.9 Å². The van der Waals surface area contributed by atoms with Gasteiger partial charge in [0.25, 0.3) is 0 Å². The number of rotatable bonds is 3. The smallest absolute Gasteiger partial charge is 0.321 e. The van der Waals surface area contributed by atoms with Gasteiger partial charge in [0.15, 0.2) is 0 Å². The van der Waals surface area contributed by atoms with Crippen molar-refractivity contribution in [2.24, 2.45) is 5.73 Å². The maximum absolute atomic E-state index is 9.85. The lowest BCUT2D eigenvalue weighted by molar-refractivity contribution is -0.144. The molecule has 0 bridgehead atoms. The first-order chi connectivity index (χ1) is 4.04. The molecule has 76 valence electrons. The van der Waals surface area contributed by atoms with Gasteiger partial charge >= 0.3 is 11.9 Å². The van der Waals surface area contributed by atoms with Gasteiger partial charge in [-0.05, 0) is 0 Å². The standard InChI is InChI=1S/C4H7NO4.3ClH/c5-2(4(8)9)1-3(6)7;;;/h2H,1,5H2,(H,6,7)(H,8,9);3*1H. The van der Waals surface area contributed by atoms with Gasteiger partial charge in [-0.3, -0.25) is 9.59 Å². The molecule has 0 amide bonds. The minimum atomic E-state index is -1.29. The van der Waals surface area contributed by atoms with E-state index in [1.165, 1.54) is 0 Å². The summed E-state index contributed by atoms with van der Waals surface area (Å²) in [6, 6.07) is -1.29. The van der Waals surface area contributed by atoms with Crippen LogP contribution in [0.25, 0.3) is 0 Å². The molecule has 0 rings (SSSR count). The SMILES string of the molecule is Cl.Cl.Cl.NC(CC(=O)O)C(=O)O. The summed E-state index contributed by atoms with van der Waals surface area (Å²) in [5.74, 6) is -2.50. The highest BCUT2D eigenvalue weighted by Crippen LogP contribution is 1.86. The Kier molecular flexibility index (Phi) is 20.3. The minimum Gasteiger partial charge on any atom is -0.481 e. The van der Waals surface area contributed by atoms with Crippen molar-refractivity contribution in [3.05, 3.63) is 0 Å². The van der Waals surface area contributed by atoms with E-state index in [9.17, 15) is 9.59 Å². The topological polar surface area (TPSA) is 101 Å². The maximum Gasteiger partial charge on any atom is 0.321 e. The third-order valence-electron chi connectivity index (χ3n) is 0.712. The number of aliphatic carboxylic acids is 2. The van der Waals surface area contributed by atoms with Gasteiger partial charge in [0, 0.05) is 0 Å².